The summed E-state index contributed by atoms with van der Waals surface area (Å²) in [7, 11) is -2.22. The van der Waals surface area contributed by atoms with Crippen molar-refractivity contribution in [1.82, 2.24) is 9.97 Å². The molecule has 0 unspecified atom stereocenters. The molecule has 0 radical (unpaired) electrons. The second kappa shape index (κ2) is 7.73. The molecule has 0 bridgehead atoms. The molecule has 0 spiro atoms. The molecule has 27 heavy (non-hydrogen) atoms. The minimum absolute atomic E-state index is 0.0170. The van der Waals surface area contributed by atoms with E-state index < -0.39 is 10.0 Å². The van der Waals surface area contributed by atoms with E-state index in [0.29, 0.717) is 16.3 Å². The number of sulfonamides is 1. The van der Waals surface area contributed by atoms with Crippen LogP contribution in [-0.2, 0) is 10.0 Å². The van der Waals surface area contributed by atoms with E-state index in [9.17, 15) is 13.2 Å². The van der Waals surface area contributed by atoms with Crippen LogP contribution in [0.4, 0.5) is 11.6 Å². The molecule has 0 saturated carbocycles. The van der Waals surface area contributed by atoms with Gasteiger partial charge in [-0.15, -0.1) is 0 Å². The van der Waals surface area contributed by atoms with Gasteiger partial charge in [-0.2, -0.15) is 0 Å². The van der Waals surface area contributed by atoms with Gasteiger partial charge in [0, 0.05) is 35.7 Å². The molecule has 0 aliphatic heterocycles. The molecule has 1 heterocycles. The first kappa shape index (κ1) is 18.8. The summed E-state index contributed by atoms with van der Waals surface area (Å²) in [6, 6.07) is 14.0. The first-order valence-electron chi connectivity index (χ1n) is 7.80. The van der Waals surface area contributed by atoms with Gasteiger partial charge in [-0.25, -0.2) is 23.1 Å². The minimum atomic E-state index is -3.83. The highest BCUT2D eigenvalue weighted by Gasteiger charge is 2.18. The third-order valence-corrected chi connectivity index (χ3v) is 5.32. The Morgan fingerprint density at radius 3 is 2.19 bits per heavy atom. The van der Waals surface area contributed by atoms with Gasteiger partial charge in [0.25, 0.3) is 15.9 Å². The molecular weight excluding hydrogens is 388 g/mol. The number of rotatable bonds is 5. The Bertz CT molecular complexity index is 1040. The second-order valence-corrected chi connectivity index (χ2v) is 7.66. The molecule has 0 aliphatic carbocycles. The number of aromatic nitrogens is 2. The number of anilines is 2. The SMILES string of the molecule is CN(C(=O)c1ccc(Cl)cc1)c1ccc(S(=O)(=O)Nc2ncccn2)cc1. The fourth-order valence-corrected chi connectivity index (χ4v) is 3.37. The van der Waals surface area contributed by atoms with Crippen molar-refractivity contribution in [1.29, 1.82) is 0 Å². The number of halogens is 1. The molecule has 7 nitrogen and oxygen atoms in total. The zero-order valence-electron chi connectivity index (χ0n) is 14.2. The monoisotopic (exact) mass is 402 g/mol. The van der Waals surface area contributed by atoms with Crippen LogP contribution in [0.1, 0.15) is 10.4 Å². The van der Waals surface area contributed by atoms with Crippen molar-refractivity contribution >= 4 is 39.2 Å². The number of hydrogen-bond donors (Lipinski definition) is 1. The number of carbonyl (C=O) groups is 1. The zero-order valence-corrected chi connectivity index (χ0v) is 15.8. The topological polar surface area (TPSA) is 92.3 Å². The van der Waals surface area contributed by atoms with Crippen LogP contribution in [0.3, 0.4) is 0 Å². The number of hydrogen-bond acceptors (Lipinski definition) is 5. The van der Waals surface area contributed by atoms with E-state index in [1.165, 1.54) is 29.4 Å². The smallest absolute Gasteiger partial charge is 0.264 e. The largest absolute Gasteiger partial charge is 0.311 e. The maximum atomic E-state index is 12.5. The summed E-state index contributed by atoms with van der Waals surface area (Å²) in [5.41, 5.74) is 1.02. The van der Waals surface area contributed by atoms with Gasteiger partial charge in [-0.05, 0) is 54.6 Å². The van der Waals surface area contributed by atoms with Gasteiger partial charge < -0.3 is 4.90 Å². The standard InChI is InChI=1S/C18H15ClN4O3S/c1-23(17(24)13-3-5-14(19)6-4-13)15-7-9-16(10-8-15)27(25,26)22-18-20-11-2-12-21-18/h2-12H,1H3,(H,20,21,22). The summed E-state index contributed by atoms with van der Waals surface area (Å²) in [6.45, 7) is 0. The summed E-state index contributed by atoms with van der Waals surface area (Å²) >= 11 is 5.83. The van der Waals surface area contributed by atoms with E-state index in [2.05, 4.69) is 14.7 Å². The zero-order chi connectivity index (χ0) is 19.4. The number of nitrogens with one attached hydrogen (secondary N) is 1. The van der Waals surface area contributed by atoms with Crippen molar-refractivity contribution in [2.24, 2.45) is 0 Å². The second-order valence-electron chi connectivity index (χ2n) is 5.54. The lowest BCUT2D eigenvalue weighted by Gasteiger charge is -2.18. The number of nitrogens with zero attached hydrogens (tertiary/aromatic N) is 3. The Morgan fingerprint density at radius 1 is 1.00 bits per heavy atom. The highest BCUT2D eigenvalue weighted by molar-refractivity contribution is 7.92. The van der Waals surface area contributed by atoms with Crippen molar-refractivity contribution < 1.29 is 13.2 Å². The van der Waals surface area contributed by atoms with E-state index in [0.717, 1.165) is 0 Å². The highest BCUT2D eigenvalue weighted by atomic mass is 35.5. The van der Waals surface area contributed by atoms with E-state index in [1.54, 1.807) is 49.5 Å². The summed E-state index contributed by atoms with van der Waals surface area (Å²) in [5, 5.41) is 0.540. The van der Waals surface area contributed by atoms with Crippen LogP contribution in [0, 0.1) is 0 Å². The molecular formula is C18H15ClN4O3S. The maximum Gasteiger partial charge on any atom is 0.264 e. The van der Waals surface area contributed by atoms with Crippen molar-refractivity contribution in [3.05, 3.63) is 77.6 Å². The molecule has 0 aliphatic rings. The van der Waals surface area contributed by atoms with Gasteiger partial charge in [0.1, 0.15) is 0 Å². The van der Waals surface area contributed by atoms with Crippen LogP contribution in [-0.4, -0.2) is 31.3 Å². The first-order valence-corrected chi connectivity index (χ1v) is 9.66. The Morgan fingerprint density at radius 2 is 1.59 bits per heavy atom. The third-order valence-electron chi connectivity index (χ3n) is 3.72. The van der Waals surface area contributed by atoms with Crippen LogP contribution in [0.2, 0.25) is 5.02 Å². The number of benzene rings is 2. The highest BCUT2D eigenvalue weighted by Crippen LogP contribution is 2.20. The first-order chi connectivity index (χ1) is 12.9. The molecule has 0 fully saturated rings. The Kier molecular flexibility index (Phi) is 5.38. The van der Waals surface area contributed by atoms with Gasteiger partial charge in [0.2, 0.25) is 5.95 Å². The van der Waals surface area contributed by atoms with E-state index in [-0.39, 0.29) is 16.8 Å². The van der Waals surface area contributed by atoms with Crippen molar-refractivity contribution in [2.75, 3.05) is 16.7 Å². The van der Waals surface area contributed by atoms with Crippen LogP contribution in [0.25, 0.3) is 0 Å². The molecule has 0 atom stereocenters. The average Bonchev–Trinajstić information content (AvgIpc) is 2.68. The maximum absolute atomic E-state index is 12.5. The lowest BCUT2D eigenvalue weighted by molar-refractivity contribution is 0.0993. The lowest BCUT2D eigenvalue weighted by atomic mass is 10.2. The summed E-state index contributed by atoms with van der Waals surface area (Å²) in [5.74, 6) is -0.255. The van der Waals surface area contributed by atoms with Crippen LogP contribution in [0.15, 0.2) is 71.9 Å². The third kappa shape index (κ3) is 4.42. The molecule has 1 amide bonds. The van der Waals surface area contributed by atoms with Crippen LogP contribution in [0.5, 0.6) is 0 Å². The van der Waals surface area contributed by atoms with Crippen molar-refractivity contribution in [2.45, 2.75) is 4.90 Å². The predicted molar refractivity (Wildman–Crippen MR) is 103 cm³/mol. The fourth-order valence-electron chi connectivity index (χ4n) is 2.28. The van der Waals surface area contributed by atoms with Gasteiger partial charge >= 0.3 is 0 Å². The Hall–Kier alpha value is -2.97. The van der Waals surface area contributed by atoms with E-state index >= 15 is 0 Å². The molecule has 0 saturated heterocycles. The normalized spacial score (nSPS) is 11.0. The minimum Gasteiger partial charge on any atom is -0.311 e. The van der Waals surface area contributed by atoms with Crippen molar-refractivity contribution in [3.63, 3.8) is 0 Å². The van der Waals surface area contributed by atoms with Crippen LogP contribution < -0.4 is 9.62 Å². The Balaban J connectivity index is 1.78. The molecule has 9 heteroatoms. The molecule has 3 rings (SSSR count). The molecule has 138 valence electrons. The predicted octanol–water partition coefficient (Wildman–Crippen LogP) is 3.21. The quantitative estimate of drug-likeness (QED) is 0.707. The van der Waals surface area contributed by atoms with Gasteiger partial charge in [-0.1, -0.05) is 11.6 Å². The average molecular weight is 403 g/mol. The van der Waals surface area contributed by atoms with Gasteiger partial charge in [0.05, 0.1) is 4.90 Å². The summed E-state index contributed by atoms with van der Waals surface area (Å²) in [4.78, 5) is 21.6. The van der Waals surface area contributed by atoms with E-state index in [4.69, 9.17) is 11.6 Å². The summed E-state index contributed by atoms with van der Waals surface area (Å²) in [6.07, 6.45) is 2.87. The molecule has 3 aromatic rings. The number of amides is 1. The van der Waals surface area contributed by atoms with Gasteiger partial charge in [-0.3, -0.25) is 4.79 Å². The number of carbonyl (C=O) groups excluding carboxylic acids is 1. The van der Waals surface area contributed by atoms with E-state index in [1.807, 2.05) is 0 Å². The lowest BCUT2D eigenvalue weighted by Crippen LogP contribution is -2.26. The Labute approximate surface area is 161 Å². The molecule has 2 aromatic carbocycles. The van der Waals surface area contributed by atoms with Crippen molar-refractivity contribution in [3.8, 4) is 0 Å². The molecule has 1 N–H and O–H groups in total. The molecule has 1 aromatic heterocycles. The fraction of sp³-hybridized carbons (Fsp3) is 0.0556. The summed E-state index contributed by atoms with van der Waals surface area (Å²) < 4.78 is 27.1. The van der Waals surface area contributed by atoms with Crippen LogP contribution >= 0.6 is 11.6 Å². The van der Waals surface area contributed by atoms with Gasteiger partial charge in [0.15, 0.2) is 0 Å².